The van der Waals surface area contributed by atoms with Gasteiger partial charge in [-0.1, -0.05) is 19.1 Å². The summed E-state index contributed by atoms with van der Waals surface area (Å²) in [6, 6.07) is 8.28. The standard InChI is InChI=1S/C15H22N2O2.ClH/c1-3-13-4-6-14(7-5-13)19-11-15(18)17-9-8-16-12(2)10-17;/h4-7,12,16H,3,8-11H2,1-2H3;1H. The number of benzene rings is 1. The molecule has 112 valence electrons. The third-order valence-electron chi connectivity index (χ3n) is 3.42. The van der Waals surface area contributed by atoms with Gasteiger partial charge in [-0.05, 0) is 31.0 Å². The Balaban J connectivity index is 0.00000200. The molecule has 1 aliphatic rings. The summed E-state index contributed by atoms with van der Waals surface area (Å²) in [5.41, 5.74) is 1.27. The normalized spacial score (nSPS) is 18.3. The van der Waals surface area contributed by atoms with Crippen molar-refractivity contribution in [2.75, 3.05) is 26.2 Å². The largest absolute Gasteiger partial charge is 0.484 e. The lowest BCUT2D eigenvalue weighted by Crippen LogP contribution is -2.52. The highest BCUT2D eigenvalue weighted by Crippen LogP contribution is 2.12. The van der Waals surface area contributed by atoms with E-state index in [1.54, 1.807) is 0 Å². The number of ether oxygens (including phenoxy) is 1. The van der Waals surface area contributed by atoms with Crippen molar-refractivity contribution in [3.63, 3.8) is 0 Å². The van der Waals surface area contributed by atoms with Crippen LogP contribution in [0.3, 0.4) is 0 Å². The van der Waals surface area contributed by atoms with Crippen LogP contribution in [0.4, 0.5) is 0 Å². The number of nitrogens with zero attached hydrogens (tertiary/aromatic N) is 1. The number of nitrogens with one attached hydrogen (secondary N) is 1. The van der Waals surface area contributed by atoms with Crippen molar-refractivity contribution in [3.05, 3.63) is 29.8 Å². The van der Waals surface area contributed by atoms with Gasteiger partial charge in [0.05, 0.1) is 0 Å². The topological polar surface area (TPSA) is 41.6 Å². The van der Waals surface area contributed by atoms with Gasteiger partial charge < -0.3 is 15.0 Å². The van der Waals surface area contributed by atoms with Crippen LogP contribution in [-0.4, -0.2) is 43.1 Å². The Labute approximate surface area is 126 Å². The Morgan fingerprint density at radius 2 is 2.10 bits per heavy atom. The zero-order valence-electron chi connectivity index (χ0n) is 12.1. The van der Waals surface area contributed by atoms with E-state index in [4.69, 9.17) is 4.74 Å². The first-order valence-corrected chi connectivity index (χ1v) is 6.92. The molecule has 1 aliphatic heterocycles. The summed E-state index contributed by atoms with van der Waals surface area (Å²) in [6.07, 6.45) is 1.01. The highest BCUT2D eigenvalue weighted by Gasteiger charge is 2.20. The maximum Gasteiger partial charge on any atom is 0.260 e. The van der Waals surface area contributed by atoms with Gasteiger partial charge in [0, 0.05) is 25.7 Å². The van der Waals surface area contributed by atoms with Gasteiger partial charge in [0.1, 0.15) is 5.75 Å². The van der Waals surface area contributed by atoms with Crippen LogP contribution in [-0.2, 0) is 11.2 Å². The number of carbonyl (C=O) groups excluding carboxylic acids is 1. The zero-order chi connectivity index (χ0) is 13.7. The Hall–Kier alpha value is -1.26. The van der Waals surface area contributed by atoms with Crippen LogP contribution in [0, 0.1) is 0 Å². The number of amides is 1. The zero-order valence-corrected chi connectivity index (χ0v) is 12.9. The molecule has 0 radical (unpaired) electrons. The van der Waals surface area contributed by atoms with Crippen molar-refractivity contribution in [3.8, 4) is 5.75 Å². The van der Waals surface area contributed by atoms with Crippen LogP contribution >= 0.6 is 12.4 Å². The Kier molecular flexibility index (Phi) is 6.82. The van der Waals surface area contributed by atoms with Crippen molar-refractivity contribution in [2.45, 2.75) is 26.3 Å². The molecule has 4 nitrogen and oxygen atoms in total. The van der Waals surface area contributed by atoms with E-state index >= 15 is 0 Å². The first-order chi connectivity index (χ1) is 9.19. The lowest BCUT2D eigenvalue weighted by atomic mass is 10.2. The monoisotopic (exact) mass is 298 g/mol. The fourth-order valence-corrected chi connectivity index (χ4v) is 2.22. The highest BCUT2D eigenvalue weighted by molar-refractivity contribution is 5.85. The van der Waals surface area contributed by atoms with Gasteiger partial charge in [-0.15, -0.1) is 12.4 Å². The molecule has 5 heteroatoms. The second-order valence-electron chi connectivity index (χ2n) is 4.98. The number of halogens is 1. The van der Waals surface area contributed by atoms with Gasteiger partial charge in [0.15, 0.2) is 6.61 Å². The van der Waals surface area contributed by atoms with Gasteiger partial charge >= 0.3 is 0 Å². The molecule has 1 amide bonds. The van der Waals surface area contributed by atoms with Crippen LogP contribution in [0.25, 0.3) is 0 Å². The number of carbonyl (C=O) groups is 1. The third-order valence-corrected chi connectivity index (χ3v) is 3.42. The Morgan fingerprint density at radius 1 is 1.40 bits per heavy atom. The average molecular weight is 299 g/mol. The second-order valence-corrected chi connectivity index (χ2v) is 4.98. The summed E-state index contributed by atoms with van der Waals surface area (Å²) >= 11 is 0. The molecule has 1 atom stereocenters. The van der Waals surface area contributed by atoms with E-state index in [0.717, 1.165) is 31.8 Å². The number of rotatable bonds is 4. The number of hydrogen-bond donors (Lipinski definition) is 1. The molecule has 1 aromatic rings. The molecular formula is C15H23ClN2O2. The van der Waals surface area contributed by atoms with Crippen LogP contribution in [0.1, 0.15) is 19.4 Å². The maximum absolute atomic E-state index is 12.0. The quantitative estimate of drug-likeness (QED) is 0.923. The average Bonchev–Trinajstić information content (AvgIpc) is 2.45. The van der Waals surface area contributed by atoms with Gasteiger partial charge in [-0.25, -0.2) is 0 Å². The molecule has 1 aromatic carbocycles. The summed E-state index contributed by atoms with van der Waals surface area (Å²) in [6.45, 7) is 6.71. The smallest absolute Gasteiger partial charge is 0.260 e. The molecule has 1 fully saturated rings. The van der Waals surface area contributed by atoms with Crippen molar-refractivity contribution in [2.24, 2.45) is 0 Å². The number of hydrogen-bond acceptors (Lipinski definition) is 3. The fraction of sp³-hybridized carbons (Fsp3) is 0.533. The lowest BCUT2D eigenvalue weighted by molar-refractivity contribution is -0.134. The molecule has 0 aromatic heterocycles. The van der Waals surface area contributed by atoms with Crippen molar-refractivity contribution in [1.29, 1.82) is 0 Å². The van der Waals surface area contributed by atoms with Gasteiger partial charge in [0.25, 0.3) is 5.91 Å². The van der Waals surface area contributed by atoms with Crippen LogP contribution in [0.2, 0.25) is 0 Å². The summed E-state index contributed by atoms with van der Waals surface area (Å²) in [7, 11) is 0. The van der Waals surface area contributed by atoms with Crippen LogP contribution < -0.4 is 10.1 Å². The molecule has 0 aliphatic carbocycles. The fourth-order valence-electron chi connectivity index (χ4n) is 2.22. The van der Waals surface area contributed by atoms with Crippen molar-refractivity contribution in [1.82, 2.24) is 10.2 Å². The minimum Gasteiger partial charge on any atom is -0.484 e. The molecule has 1 N–H and O–H groups in total. The van der Waals surface area contributed by atoms with E-state index in [1.165, 1.54) is 5.56 Å². The Bertz CT molecular complexity index is 422. The SMILES string of the molecule is CCc1ccc(OCC(=O)N2CCNC(C)C2)cc1.Cl. The van der Waals surface area contributed by atoms with Crippen molar-refractivity contribution >= 4 is 18.3 Å². The molecule has 0 bridgehead atoms. The lowest BCUT2D eigenvalue weighted by Gasteiger charge is -2.31. The van der Waals surface area contributed by atoms with E-state index in [9.17, 15) is 4.79 Å². The van der Waals surface area contributed by atoms with Crippen molar-refractivity contribution < 1.29 is 9.53 Å². The molecular weight excluding hydrogens is 276 g/mol. The first-order valence-electron chi connectivity index (χ1n) is 6.92. The summed E-state index contributed by atoms with van der Waals surface area (Å²) in [5.74, 6) is 0.821. The summed E-state index contributed by atoms with van der Waals surface area (Å²) in [5, 5.41) is 3.32. The molecule has 0 saturated carbocycles. The number of piperazine rings is 1. The first kappa shape index (κ1) is 16.8. The second kappa shape index (κ2) is 8.12. The van der Waals surface area contributed by atoms with Gasteiger partial charge in [0.2, 0.25) is 0 Å². The minimum atomic E-state index is 0. The molecule has 1 heterocycles. The molecule has 1 saturated heterocycles. The Morgan fingerprint density at radius 3 is 2.70 bits per heavy atom. The predicted octanol–water partition coefficient (Wildman–Crippen LogP) is 1.87. The van der Waals surface area contributed by atoms with Gasteiger partial charge in [-0.2, -0.15) is 0 Å². The third kappa shape index (κ3) is 4.69. The number of aryl methyl sites for hydroxylation is 1. The maximum atomic E-state index is 12.0. The van der Waals surface area contributed by atoms with E-state index in [0.29, 0.717) is 6.04 Å². The van der Waals surface area contributed by atoms with E-state index in [2.05, 4.69) is 19.2 Å². The summed E-state index contributed by atoms with van der Waals surface area (Å²) in [4.78, 5) is 13.9. The van der Waals surface area contributed by atoms with E-state index < -0.39 is 0 Å². The predicted molar refractivity (Wildman–Crippen MR) is 82.6 cm³/mol. The van der Waals surface area contributed by atoms with Gasteiger partial charge in [-0.3, -0.25) is 4.79 Å². The minimum absolute atomic E-state index is 0. The highest BCUT2D eigenvalue weighted by atomic mass is 35.5. The summed E-state index contributed by atoms with van der Waals surface area (Å²) < 4.78 is 5.54. The molecule has 0 spiro atoms. The van der Waals surface area contributed by atoms with Crippen LogP contribution in [0.15, 0.2) is 24.3 Å². The van der Waals surface area contributed by atoms with E-state index in [-0.39, 0.29) is 24.9 Å². The molecule has 20 heavy (non-hydrogen) atoms. The van der Waals surface area contributed by atoms with Crippen LogP contribution in [0.5, 0.6) is 5.75 Å². The molecule has 1 unspecified atom stereocenters. The van der Waals surface area contributed by atoms with E-state index in [1.807, 2.05) is 29.2 Å². The molecule has 2 rings (SSSR count).